The first-order valence-corrected chi connectivity index (χ1v) is 5.30. The molecule has 0 radical (unpaired) electrons. The molecule has 0 aliphatic carbocycles. The van der Waals surface area contributed by atoms with Crippen LogP contribution < -0.4 is 11.1 Å². The zero-order valence-electron chi connectivity index (χ0n) is 8.94. The highest BCUT2D eigenvalue weighted by molar-refractivity contribution is 6.33. The van der Waals surface area contributed by atoms with Crippen molar-refractivity contribution in [2.45, 2.75) is 6.54 Å². The molecule has 0 saturated carbocycles. The molecule has 0 aliphatic rings. The molecule has 84 valence electrons. The first-order chi connectivity index (χ1) is 7.68. The summed E-state index contributed by atoms with van der Waals surface area (Å²) < 4.78 is 1.94. The second kappa shape index (κ2) is 4.45. The van der Waals surface area contributed by atoms with Gasteiger partial charge in [-0.05, 0) is 12.1 Å². The first kappa shape index (κ1) is 10.8. The highest BCUT2D eigenvalue weighted by atomic mass is 35.5. The molecule has 0 fully saturated rings. The standard InChI is InChI=1S/C11H13ClN4/c1-16-6-5-14-10(16)7-15-11-8(12)3-2-4-9(11)13/h2-6,15H,7,13H2,1H3. The van der Waals surface area contributed by atoms with Crippen molar-refractivity contribution >= 4 is 23.0 Å². The quantitative estimate of drug-likeness (QED) is 0.804. The number of anilines is 2. The van der Waals surface area contributed by atoms with Crippen LogP contribution in [-0.4, -0.2) is 9.55 Å². The van der Waals surface area contributed by atoms with E-state index in [0.29, 0.717) is 17.3 Å². The lowest BCUT2D eigenvalue weighted by Gasteiger charge is -2.10. The number of halogens is 1. The summed E-state index contributed by atoms with van der Waals surface area (Å²) in [5.74, 6) is 0.930. The monoisotopic (exact) mass is 236 g/mol. The fraction of sp³-hybridized carbons (Fsp3) is 0.182. The van der Waals surface area contributed by atoms with Crippen LogP contribution in [-0.2, 0) is 13.6 Å². The van der Waals surface area contributed by atoms with Gasteiger partial charge in [0.2, 0.25) is 0 Å². The molecule has 0 aliphatic heterocycles. The number of nitrogen functional groups attached to an aromatic ring is 1. The van der Waals surface area contributed by atoms with Gasteiger partial charge in [0.05, 0.1) is 22.9 Å². The molecular formula is C11H13ClN4. The number of nitrogens with two attached hydrogens (primary N) is 1. The third-order valence-electron chi connectivity index (χ3n) is 2.39. The summed E-state index contributed by atoms with van der Waals surface area (Å²) in [5.41, 5.74) is 7.22. The average Bonchev–Trinajstić information content (AvgIpc) is 2.64. The highest BCUT2D eigenvalue weighted by Gasteiger charge is 2.05. The lowest BCUT2D eigenvalue weighted by molar-refractivity contribution is 0.813. The van der Waals surface area contributed by atoms with Crippen molar-refractivity contribution < 1.29 is 0 Å². The molecule has 1 aromatic carbocycles. The maximum Gasteiger partial charge on any atom is 0.127 e. The van der Waals surface area contributed by atoms with Crippen LogP contribution in [0.3, 0.4) is 0 Å². The van der Waals surface area contributed by atoms with Gasteiger partial charge in [-0.3, -0.25) is 0 Å². The Kier molecular flexibility index (Phi) is 3.01. The van der Waals surface area contributed by atoms with E-state index in [0.717, 1.165) is 11.5 Å². The Bertz CT molecular complexity index is 472. The van der Waals surface area contributed by atoms with Gasteiger partial charge in [-0.15, -0.1) is 0 Å². The highest BCUT2D eigenvalue weighted by Crippen LogP contribution is 2.27. The van der Waals surface area contributed by atoms with Gasteiger partial charge >= 0.3 is 0 Å². The molecule has 0 atom stereocenters. The van der Waals surface area contributed by atoms with E-state index in [-0.39, 0.29) is 0 Å². The largest absolute Gasteiger partial charge is 0.397 e. The third kappa shape index (κ3) is 2.12. The number of nitrogens with zero attached hydrogens (tertiary/aromatic N) is 2. The summed E-state index contributed by atoms with van der Waals surface area (Å²) in [4.78, 5) is 4.21. The number of rotatable bonds is 3. The van der Waals surface area contributed by atoms with E-state index in [1.165, 1.54) is 0 Å². The SMILES string of the molecule is Cn1ccnc1CNc1c(N)cccc1Cl. The van der Waals surface area contributed by atoms with Crippen LogP contribution >= 0.6 is 11.6 Å². The summed E-state index contributed by atoms with van der Waals surface area (Å²) in [5, 5.41) is 3.80. The molecule has 5 heteroatoms. The van der Waals surface area contributed by atoms with E-state index in [1.54, 1.807) is 12.3 Å². The van der Waals surface area contributed by atoms with Gasteiger partial charge in [-0.25, -0.2) is 4.98 Å². The number of hydrogen-bond acceptors (Lipinski definition) is 3. The van der Waals surface area contributed by atoms with Crippen molar-refractivity contribution in [2.75, 3.05) is 11.1 Å². The Hall–Kier alpha value is -1.68. The molecule has 0 spiro atoms. The van der Waals surface area contributed by atoms with Crippen LogP contribution in [0.4, 0.5) is 11.4 Å². The average molecular weight is 237 g/mol. The number of aromatic nitrogens is 2. The number of aryl methyl sites for hydroxylation is 1. The number of imidazole rings is 1. The number of benzene rings is 1. The minimum atomic E-state index is 0.595. The predicted octanol–water partition coefficient (Wildman–Crippen LogP) is 2.27. The van der Waals surface area contributed by atoms with Crippen LogP contribution in [0.2, 0.25) is 5.02 Å². The van der Waals surface area contributed by atoms with E-state index in [9.17, 15) is 0 Å². The molecule has 0 bridgehead atoms. The van der Waals surface area contributed by atoms with E-state index in [4.69, 9.17) is 17.3 Å². The number of para-hydroxylation sites is 1. The van der Waals surface area contributed by atoms with Gasteiger partial charge in [-0.1, -0.05) is 17.7 Å². The Morgan fingerprint density at radius 2 is 2.31 bits per heavy atom. The van der Waals surface area contributed by atoms with Gasteiger partial charge in [0.15, 0.2) is 0 Å². The van der Waals surface area contributed by atoms with Crippen molar-refractivity contribution in [3.05, 3.63) is 41.4 Å². The summed E-state index contributed by atoms with van der Waals surface area (Å²) in [6.45, 7) is 0.595. The summed E-state index contributed by atoms with van der Waals surface area (Å²) >= 11 is 6.04. The van der Waals surface area contributed by atoms with Gasteiger partial charge in [0, 0.05) is 19.4 Å². The van der Waals surface area contributed by atoms with Crippen LogP contribution in [0.5, 0.6) is 0 Å². The fourth-order valence-corrected chi connectivity index (χ4v) is 1.71. The molecule has 16 heavy (non-hydrogen) atoms. The molecule has 4 nitrogen and oxygen atoms in total. The zero-order chi connectivity index (χ0) is 11.5. The van der Waals surface area contributed by atoms with E-state index in [1.807, 2.05) is 29.9 Å². The smallest absolute Gasteiger partial charge is 0.127 e. The topological polar surface area (TPSA) is 55.9 Å². The molecule has 2 aromatic rings. The van der Waals surface area contributed by atoms with Crippen LogP contribution in [0.15, 0.2) is 30.6 Å². The Morgan fingerprint density at radius 3 is 2.94 bits per heavy atom. The Balaban J connectivity index is 2.14. The maximum absolute atomic E-state index is 6.04. The molecule has 1 heterocycles. The van der Waals surface area contributed by atoms with E-state index < -0.39 is 0 Å². The minimum Gasteiger partial charge on any atom is -0.397 e. The molecule has 0 saturated heterocycles. The predicted molar refractivity (Wildman–Crippen MR) is 66.4 cm³/mol. The normalized spacial score (nSPS) is 10.4. The zero-order valence-corrected chi connectivity index (χ0v) is 9.70. The molecule has 3 N–H and O–H groups in total. The van der Waals surface area contributed by atoms with Crippen LogP contribution in [0, 0.1) is 0 Å². The number of hydrogen-bond donors (Lipinski definition) is 2. The van der Waals surface area contributed by atoms with Crippen LogP contribution in [0.25, 0.3) is 0 Å². The van der Waals surface area contributed by atoms with Crippen molar-refractivity contribution in [3.63, 3.8) is 0 Å². The lowest BCUT2D eigenvalue weighted by Crippen LogP contribution is -2.07. The summed E-state index contributed by atoms with van der Waals surface area (Å²) in [6.07, 6.45) is 3.65. The molecular weight excluding hydrogens is 224 g/mol. The molecule has 0 amide bonds. The number of nitrogens with one attached hydrogen (secondary N) is 1. The van der Waals surface area contributed by atoms with Gasteiger partial charge in [0.1, 0.15) is 5.82 Å². The fourth-order valence-electron chi connectivity index (χ4n) is 1.46. The molecule has 0 unspecified atom stereocenters. The van der Waals surface area contributed by atoms with Gasteiger partial charge < -0.3 is 15.6 Å². The summed E-state index contributed by atoms with van der Waals surface area (Å²) in [6, 6.07) is 5.44. The van der Waals surface area contributed by atoms with Crippen molar-refractivity contribution in [3.8, 4) is 0 Å². The first-order valence-electron chi connectivity index (χ1n) is 4.92. The minimum absolute atomic E-state index is 0.595. The van der Waals surface area contributed by atoms with Gasteiger partial charge in [0.25, 0.3) is 0 Å². The summed E-state index contributed by atoms with van der Waals surface area (Å²) in [7, 11) is 1.94. The Labute approximate surface area is 99.1 Å². The van der Waals surface area contributed by atoms with Crippen molar-refractivity contribution in [1.29, 1.82) is 0 Å². The van der Waals surface area contributed by atoms with Gasteiger partial charge in [-0.2, -0.15) is 0 Å². The van der Waals surface area contributed by atoms with E-state index in [2.05, 4.69) is 10.3 Å². The lowest BCUT2D eigenvalue weighted by atomic mass is 10.2. The second-order valence-corrected chi connectivity index (χ2v) is 3.92. The van der Waals surface area contributed by atoms with Crippen molar-refractivity contribution in [2.24, 2.45) is 7.05 Å². The van der Waals surface area contributed by atoms with Crippen LogP contribution in [0.1, 0.15) is 5.82 Å². The van der Waals surface area contributed by atoms with E-state index >= 15 is 0 Å². The maximum atomic E-state index is 6.04. The molecule has 1 aromatic heterocycles. The molecule has 2 rings (SSSR count). The van der Waals surface area contributed by atoms with Crippen molar-refractivity contribution in [1.82, 2.24) is 9.55 Å². The second-order valence-electron chi connectivity index (χ2n) is 3.51. The Morgan fingerprint density at radius 1 is 1.50 bits per heavy atom. The third-order valence-corrected chi connectivity index (χ3v) is 2.71.